The second kappa shape index (κ2) is 14.4. The summed E-state index contributed by atoms with van der Waals surface area (Å²) in [6.07, 6.45) is 6.14. The van der Waals surface area contributed by atoms with Gasteiger partial charge in [-0.3, -0.25) is 24.0 Å². The van der Waals surface area contributed by atoms with Crippen molar-refractivity contribution >= 4 is 44.7 Å². The van der Waals surface area contributed by atoms with Gasteiger partial charge in [0.1, 0.15) is 35.8 Å². The Kier molecular flexibility index (Phi) is 10.4. The molecule has 0 bridgehead atoms. The van der Waals surface area contributed by atoms with Crippen LogP contribution < -0.4 is 19.5 Å². The Balaban J connectivity index is 1.39. The summed E-state index contributed by atoms with van der Waals surface area (Å²) in [7, 11) is -2.37. The summed E-state index contributed by atoms with van der Waals surface area (Å²) in [4.78, 5) is 67.3. The highest BCUT2D eigenvalue weighted by molar-refractivity contribution is 7.91. The van der Waals surface area contributed by atoms with E-state index in [0.717, 1.165) is 6.42 Å². The monoisotopic (exact) mass is 754 g/mol. The molecule has 2 aliphatic carbocycles. The SMILES string of the molecule is COc1ccc2c(O[C@@H]3C[C@H]4C(=O)N[C@]5(C(=O)NS(=O)(=O)C6CC6)C[C@H]5C=CCC[C@@H](C)C[C@@H](C)[C@H](N(C(=O)O)C(C)(C)C)C(=O)N4C3)ncnc2c1. The Hall–Kier alpha value is -4.47. The van der Waals surface area contributed by atoms with Crippen molar-refractivity contribution in [1.29, 1.82) is 0 Å². The summed E-state index contributed by atoms with van der Waals surface area (Å²) in [5, 5.41) is 13.4. The van der Waals surface area contributed by atoms with Gasteiger partial charge in [-0.2, -0.15) is 0 Å². The topological polar surface area (TPSA) is 197 Å². The molecule has 7 atom stereocenters. The molecule has 288 valence electrons. The molecule has 3 fully saturated rings. The minimum atomic E-state index is -3.92. The van der Waals surface area contributed by atoms with Gasteiger partial charge in [0.05, 0.1) is 29.8 Å². The number of hydrogen-bond donors (Lipinski definition) is 3. The van der Waals surface area contributed by atoms with E-state index in [0.29, 0.717) is 42.3 Å². The number of sulfonamides is 1. The Bertz CT molecular complexity index is 1910. The van der Waals surface area contributed by atoms with Crippen LogP contribution in [0.1, 0.15) is 79.6 Å². The van der Waals surface area contributed by atoms with E-state index in [-0.39, 0.29) is 31.2 Å². The zero-order valence-electron chi connectivity index (χ0n) is 31.1. The van der Waals surface area contributed by atoms with Crippen molar-refractivity contribution in [2.75, 3.05) is 13.7 Å². The molecule has 3 N–H and O–H groups in total. The minimum absolute atomic E-state index is 0.00209. The van der Waals surface area contributed by atoms with Crippen LogP contribution in [0.25, 0.3) is 10.9 Å². The van der Waals surface area contributed by atoms with Crippen molar-refractivity contribution in [3.8, 4) is 11.6 Å². The van der Waals surface area contributed by atoms with E-state index in [2.05, 4.69) is 26.9 Å². The van der Waals surface area contributed by atoms with Gasteiger partial charge in [-0.15, -0.1) is 0 Å². The number of fused-ring (bicyclic) bond motifs is 3. The van der Waals surface area contributed by atoms with E-state index in [1.54, 1.807) is 46.1 Å². The van der Waals surface area contributed by atoms with E-state index in [4.69, 9.17) is 9.47 Å². The molecule has 16 heteroatoms. The number of benzene rings is 1. The fraction of sp³-hybridized carbons (Fsp3) is 0.622. The van der Waals surface area contributed by atoms with Gasteiger partial charge in [-0.25, -0.2) is 23.2 Å². The van der Waals surface area contributed by atoms with E-state index in [1.165, 1.54) is 16.1 Å². The summed E-state index contributed by atoms with van der Waals surface area (Å²) in [5.41, 5.74) is -1.95. The van der Waals surface area contributed by atoms with Crippen LogP contribution in [0.5, 0.6) is 11.6 Å². The van der Waals surface area contributed by atoms with Crippen LogP contribution in [0.3, 0.4) is 0 Å². The number of nitrogens with zero attached hydrogens (tertiary/aromatic N) is 4. The van der Waals surface area contributed by atoms with Crippen LogP contribution in [-0.4, -0.2) is 105 Å². The molecule has 0 spiro atoms. The van der Waals surface area contributed by atoms with E-state index >= 15 is 0 Å². The first kappa shape index (κ1) is 38.3. The number of carbonyl (C=O) groups is 4. The number of nitrogens with one attached hydrogen (secondary N) is 2. The third-order valence-corrected chi connectivity index (χ3v) is 12.7. The summed E-state index contributed by atoms with van der Waals surface area (Å²) in [6, 6.07) is 2.90. The van der Waals surface area contributed by atoms with Crippen molar-refractivity contribution in [1.82, 2.24) is 29.8 Å². The van der Waals surface area contributed by atoms with Crippen molar-refractivity contribution in [3.63, 3.8) is 0 Å². The Labute approximate surface area is 309 Å². The molecule has 1 aromatic heterocycles. The third kappa shape index (κ3) is 7.92. The van der Waals surface area contributed by atoms with Crippen LogP contribution in [-0.2, 0) is 24.4 Å². The fourth-order valence-electron chi connectivity index (χ4n) is 7.86. The zero-order chi connectivity index (χ0) is 38.5. The number of carboxylic acid groups (broad SMARTS) is 1. The standard InChI is InChI=1S/C37H50N6O9S/c1-21-9-7-8-10-23-18-37(23,34(46)41-53(49,50)26-12-13-26)40-31(44)29-17-25(52-32-27-14-11-24(51-6)16-28(27)38-20-39-32)19-42(29)33(45)30(22(2)15-21)43(35(47)48)36(3,4)5/h8,10-11,14,16,20-23,25-26,29-30H,7,9,12-13,15,17-19H2,1-6H3,(H,40,44)(H,41,46)(H,47,48)/t21-,22-,23-,25-,29+,30+,37-/m1/s1. The quantitative estimate of drug-likeness (QED) is 0.349. The van der Waals surface area contributed by atoms with Gasteiger partial charge in [-0.1, -0.05) is 26.0 Å². The number of aromatic nitrogens is 2. The summed E-state index contributed by atoms with van der Waals surface area (Å²) in [6.45, 7) is 9.03. The molecule has 3 heterocycles. The Morgan fingerprint density at radius 2 is 1.85 bits per heavy atom. The average Bonchev–Trinajstić information content (AvgIpc) is 4.01. The molecule has 4 amide bonds. The maximum absolute atomic E-state index is 15.0. The Morgan fingerprint density at radius 1 is 1.11 bits per heavy atom. The van der Waals surface area contributed by atoms with Crippen molar-refractivity contribution < 1.29 is 42.2 Å². The summed E-state index contributed by atoms with van der Waals surface area (Å²) in [5.74, 6) is -1.99. The van der Waals surface area contributed by atoms with E-state index in [9.17, 15) is 32.7 Å². The van der Waals surface area contributed by atoms with E-state index in [1.807, 2.05) is 19.1 Å². The van der Waals surface area contributed by atoms with Gasteiger partial charge in [0.2, 0.25) is 27.7 Å². The van der Waals surface area contributed by atoms with E-state index < -0.39 is 80.2 Å². The average molecular weight is 755 g/mol. The minimum Gasteiger partial charge on any atom is -0.497 e. The molecule has 4 aliphatic rings. The molecule has 2 aliphatic heterocycles. The number of allylic oxidation sites excluding steroid dienone is 1. The molecule has 1 saturated heterocycles. The maximum atomic E-state index is 15.0. The third-order valence-electron chi connectivity index (χ3n) is 10.9. The molecule has 1 aromatic carbocycles. The van der Waals surface area contributed by atoms with Gasteiger partial charge < -0.3 is 24.8 Å². The molecule has 2 aromatic rings. The first-order chi connectivity index (χ1) is 24.9. The lowest BCUT2D eigenvalue weighted by Crippen LogP contribution is -2.62. The highest BCUT2D eigenvalue weighted by Gasteiger charge is 2.62. The van der Waals surface area contributed by atoms with Gasteiger partial charge in [0.25, 0.3) is 5.91 Å². The Morgan fingerprint density at radius 3 is 2.51 bits per heavy atom. The van der Waals surface area contributed by atoms with Crippen molar-refractivity contribution in [2.24, 2.45) is 17.8 Å². The van der Waals surface area contributed by atoms with Crippen molar-refractivity contribution in [2.45, 2.75) is 114 Å². The highest BCUT2D eigenvalue weighted by Crippen LogP contribution is 2.46. The highest BCUT2D eigenvalue weighted by atomic mass is 32.2. The number of ether oxygens (including phenoxy) is 2. The molecule has 53 heavy (non-hydrogen) atoms. The normalized spacial score (nSPS) is 29.6. The van der Waals surface area contributed by atoms with Gasteiger partial charge >= 0.3 is 6.09 Å². The number of methoxy groups -OCH3 is 1. The molecule has 6 rings (SSSR count). The van der Waals surface area contributed by atoms with Gasteiger partial charge in [0.15, 0.2) is 0 Å². The smallest absolute Gasteiger partial charge is 0.408 e. The summed E-state index contributed by atoms with van der Waals surface area (Å²) >= 11 is 0. The zero-order valence-corrected chi connectivity index (χ0v) is 31.9. The van der Waals surface area contributed by atoms with Gasteiger partial charge in [-0.05, 0) is 83.3 Å². The van der Waals surface area contributed by atoms with Crippen LogP contribution in [0.15, 0.2) is 36.7 Å². The second-order valence-electron chi connectivity index (χ2n) is 16.1. The van der Waals surface area contributed by atoms with Crippen LogP contribution >= 0.6 is 0 Å². The molecule has 0 unspecified atom stereocenters. The lowest BCUT2D eigenvalue weighted by atomic mass is 9.85. The fourth-order valence-corrected chi connectivity index (χ4v) is 9.22. The number of amides is 4. The lowest BCUT2D eigenvalue weighted by Gasteiger charge is -2.43. The lowest BCUT2D eigenvalue weighted by molar-refractivity contribution is -0.146. The number of carbonyl (C=O) groups excluding carboxylic acids is 3. The largest absolute Gasteiger partial charge is 0.497 e. The predicted octanol–water partition coefficient (Wildman–Crippen LogP) is 3.63. The van der Waals surface area contributed by atoms with Crippen LogP contribution in [0, 0.1) is 17.8 Å². The first-order valence-electron chi connectivity index (χ1n) is 18.3. The first-order valence-corrected chi connectivity index (χ1v) is 19.8. The van der Waals surface area contributed by atoms with Crippen LogP contribution in [0.4, 0.5) is 4.79 Å². The van der Waals surface area contributed by atoms with Gasteiger partial charge in [0, 0.05) is 23.9 Å². The van der Waals surface area contributed by atoms with Crippen molar-refractivity contribution in [3.05, 3.63) is 36.7 Å². The molecule has 0 radical (unpaired) electrons. The molecule has 2 saturated carbocycles. The summed E-state index contributed by atoms with van der Waals surface area (Å²) < 4.78 is 39.7. The molecular weight excluding hydrogens is 705 g/mol. The molecule has 15 nitrogen and oxygen atoms in total. The second-order valence-corrected chi connectivity index (χ2v) is 18.0. The van der Waals surface area contributed by atoms with Crippen LogP contribution in [0.2, 0.25) is 0 Å². The number of rotatable bonds is 7. The molecular formula is C37H50N6O9S. The maximum Gasteiger partial charge on any atom is 0.408 e. The predicted molar refractivity (Wildman–Crippen MR) is 194 cm³/mol. The number of hydrogen-bond acceptors (Lipinski definition) is 10.